The van der Waals surface area contributed by atoms with Crippen molar-refractivity contribution in [2.24, 2.45) is 0 Å². The van der Waals surface area contributed by atoms with Gasteiger partial charge in [-0.2, -0.15) is 0 Å². The van der Waals surface area contributed by atoms with Crippen molar-refractivity contribution in [2.75, 3.05) is 0 Å². The minimum absolute atomic E-state index is 0. The number of esters is 2. The number of carbonyl (C=O) groups is 2. The van der Waals surface area contributed by atoms with Crippen LogP contribution < -0.4 is 9.47 Å². The fourth-order valence-electron chi connectivity index (χ4n) is 4.35. The number of hydrogen-bond donors (Lipinski definition) is 0. The van der Waals surface area contributed by atoms with Gasteiger partial charge in [0, 0.05) is 0 Å². The smallest absolute Gasteiger partial charge is 0.744 e. The van der Waals surface area contributed by atoms with Crippen molar-refractivity contribution in [2.45, 2.75) is 9.79 Å². The van der Waals surface area contributed by atoms with Crippen molar-refractivity contribution in [1.29, 1.82) is 0 Å². The van der Waals surface area contributed by atoms with Crippen molar-refractivity contribution in [3.05, 3.63) is 145 Å². The van der Waals surface area contributed by atoms with Crippen LogP contribution >= 0.6 is 0 Å². The average Bonchev–Trinajstić information content (AvgIpc) is 3.04. The van der Waals surface area contributed by atoms with E-state index in [1.165, 1.54) is 24.3 Å². The third-order valence-corrected chi connectivity index (χ3v) is 8.24. The monoisotopic (exact) mass is 810 g/mol. The quantitative estimate of drug-likeness (QED) is 0.0982. The Morgan fingerprint density at radius 1 is 0.458 bits per heavy atom. The summed E-state index contributed by atoms with van der Waals surface area (Å²) in [5.41, 5.74) is -0.00910. The molecule has 240 valence electrons. The molecule has 6 aromatic carbocycles. The van der Waals surface area contributed by atoms with E-state index < -0.39 is 42.0 Å². The molecule has 0 spiro atoms. The maximum absolute atomic E-state index is 12.1. The van der Waals surface area contributed by atoms with Crippen LogP contribution in [0, 0.1) is 0 Å². The van der Waals surface area contributed by atoms with Crippen LogP contribution in [0.5, 0.6) is 11.5 Å². The third-order valence-electron chi connectivity index (χ3n) is 6.58. The molecular weight excluding hydrogens is 786 g/mol. The van der Waals surface area contributed by atoms with E-state index >= 15 is 0 Å². The largest absolute Gasteiger partial charge is 2.00 e. The Bertz CT molecular complexity index is 2160. The van der Waals surface area contributed by atoms with E-state index in [9.17, 15) is 35.5 Å². The van der Waals surface area contributed by atoms with Gasteiger partial charge in [-0.15, -0.1) is 0 Å². The first-order valence-corrected chi connectivity index (χ1v) is 16.2. The summed E-state index contributed by atoms with van der Waals surface area (Å²) < 4.78 is 76.5. The number of ether oxygens (including phenoxy) is 2. The van der Waals surface area contributed by atoms with Gasteiger partial charge < -0.3 is 24.1 Å². The van der Waals surface area contributed by atoms with E-state index in [4.69, 9.17) is 9.47 Å². The van der Waals surface area contributed by atoms with Crippen LogP contribution in [-0.4, -0.2) is 92.2 Å². The van der Waals surface area contributed by atoms with Gasteiger partial charge in [0.25, 0.3) is 0 Å². The SMILES string of the molecule is O.O=C(Oc1ccc2ccccc2c1)c1cccc(S(=O)(=O)[O-])c1.O=C(Oc1ccc2ccccc2c1)c1cccc(S(=O)(=O)[O-])c1.[Ba+2]. The number of benzene rings is 6. The van der Waals surface area contributed by atoms with Crippen LogP contribution in [0.3, 0.4) is 0 Å². The maximum atomic E-state index is 12.1. The molecule has 0 heterocycles. The molecule has 0 atom stereocenters. The molecule has 0 saturated carbocycles. The molecule has 2 N–H and O–H groups in total. The van der Waals surface area contributed by atoms with Crippen LogP contribution in [0.15, 0.2) is 143 Å². The van der Waals surface area contributed by atoms with Crippen molar-refractivity contribution >= 4 is 103 Å². The zero-order valence-electron chi connectivity index (χ0n) is 24.8. The van der Waals surface area contributed by atoms with Crippen LogP contribution in [0.2, 0.25) is 0 Å². The molecule has 0 fully saturated rings. The summed E-state index contributed by atoms with van der Waals surface area (Å²) in [6.45, 7) is 0. The molecule has 0 unspecified atom stereocenters. The summed E-state index contributed by atoms with van der Waals surface area (Å²) in [6.07, 6.45) is 0. The van der Waals surface area contributed by atoms with E-state index in [2.05, 4.69) is 0 Å². The number of carbonyl (C=O) groups excluding carboxylic acids is 2. The van der Waals surface area contributed by atoms with Gasteiger partial charge in [0.1, 0.15) is 31.7 Å². The molecule has 6 rings (SSSR count). The molecule has 48 heavy (non-hydrogen) atoms. The average molecular weight is 810 g/mol. The molecule has 6 aromatic rings. The number of hydrogen-bond acceptors (Lipinski definition) is 10. The third kappa shape index (κ3) is 10.1. The van der Waals surface area contributed by atoms with Crippen LogP contribution in [0.1, 0.15) is 20.7 Å². The van der Waals surface area contributed by atoms with Crippen LogP contribution in [-0.2, 0) is 20.2 Å². The zero-order chi connectivity index (χ0) is 32.9. The molecule has 0 saturated heterocycles. The first kappa shape index (κ1) is 38.6. The Hall–Kier alpha value is -3.87. The van der Waals surface area contributed by atoms with E-state index in [0.29, 0.717) is 11.5 Å². The fraction of sp³-hybridized carbons (Fsp3) is 0. The molecule has 0 radical (unpaired) electrons. The van der Waals surface area contributed by atoms with Crippen molar-refractivity contribution in [1.82, 2.24) is 0 Å². The van der Waals surface area contributed by atoms with Gasteiger partial charge in [0.2, 0.25) is 0 Å². The molecule has 0 aliphatic rings. The Morgan fingerprint density at radius 3 is 1.17 bits per heavy atom. The maximum Gasteiger partial charge on any atom is 2.00 e. The van der Waals surface area contributed by atoms with Gasteiger partial charge >= 0.3 is 60.8 Å². The van der Waals surface area contributed by atoms with Crippen molar-refractivity contribution < 1.29 is 50.5 Å². The van der Waals surface area contributed by atoms with Gasteiger partial charge in [-0.25, -0.2) is 26.4 Å². The normalized spacial score (nSPS) is 10.9. The van der Waals surface area contributed by atoms with E-state index in [-0.39, 0.29) is 65.5 Å². The second-order valence-electron chi connectivity index (χ2n) is 9.76. The molecule has 14 heteroatoms. The summed E-state index contributed by atoms with van der Waals surface area (Å²) >= 11 is 0. The van der Waals surface area contributed by atoms with Gasteiger partial charge in [-0.3, -0.25) is 0 Å². The predicted molar refractivity (Wildman–Crippen MR) is 176 cm³/mol. The molecule has 0 aliphatic carbocycles. The van der Waals surface area contributed by atoms with Gasteiger partial charge in [-0.05, 0) is 82.2 Å². The first-order valence-electron chi connectivity index (χ1n) is 13.4. The van der Waals surface area contributed by atoms with Gasteiger partial charge in [-0.1, -0.05) is 72.8 Å². The van der Waals surface area contributed by atoms with Crippen molar-refractivity contribution in [3.8, 4) is 11.5 Å². The Kier molecular flexibility index (Phi) is 13.3. The summed E-state index contributed by atoms with van der Waals surface area (Å²) in [5.74, 6) is -0.787. The van der Waals surface area contributed by atoms with Crippen LogP contribution in [0.25, 0.3) is 21.5 Å². The second kappa shape index (κ2) is 16.5. The van der Waals surface area contributed by atoms with E-state index in [1.54, 1.807) is 24.3 Å². The number of fused-ring (bicyclic) bond motifs is 2. The predicted octanol–water partition coefficient (Wildman–Crippen LogP) is 4.72. The van der Waals surface area contributed by atoms with Crippen molar-refractivity contribution in [3.63, 3.8) is 0 Å². The van der Waals surface area contributed by atoms with Gasteiger partial charge in [0.15, 0.2) is 0 Å². The molecule has 0 aromatic heterocycles. The molecule has 0 aliphatic heterocycles. The first-order chi connectivity index (χ1) is 21.9. The Balaban J connectivity index is 0.000000250. The zero-order valence-corrected chi connectivity index (χ0v) is 30.9. The van der Waals surface area contributed by atoms with E-state index in [1.807, 2.05) is 60.7 Å². The molecule has 0 amide bonds. The summed E-state index contributed by atoms with van der Waals surface area (Å²) in [7, 11) is -9.24. The van der Waals surface area contributed by atoms with E-state index in [0.717, 1.165) is 45.8 Å². The summed E-state index contributed by atoms with van der Waals surface area (Å²) in [5, 5.41) is 3.83. The standard InChI is InChI=1S/2C17H12O5S.Ba.H2O/c2*18-17(14-6-3-7-16(11-14)23(19,20)21)22-15-9-8-12-4-1-2-5-13(12)10-15;;/h2*1-11H,(H,19,20,21);;1H2/q;;+2;/p-2. The minimum Gasteiger partial charge on any atom is -0.744 e. The number of rotatable bonds is 6. The Morgan fingerprint density at radius 2 is 0.812 bits per heavy atom. The second-order valence-corrected chi connectivity index (χ2v) is 12.5. The molecule has 0 bridgehead atoms. The minimum atomic E-state index is -4.62. The fourth-order valence-corrected chi connectivity index (χ4v) is 5.38. The topological polar surface area (TPSA) is 198 Å². The Labute approximate surface area is 316 Å². The van der Waals surface area contributed by atoms with Gasteiger partial charge in [0.05, 0.1) is 20.9 Å². The molecular formula is C34H24BaO11S2. The molecule has 11 nitrogen and oxygen atoms in total. The summed E-state index contributed by atoms with van der Waals surface area (Å²) in [4.78, 5) is 23.3. The summed E-state index contributed by atoms with van der Waals surface area (Å²) in [6, 6.07) is 35.2. The van der Waals surface area contributed by atoms with Crippen LogP contribution in [0.4, 0.5) is 0 Å².